The van der Waals surface area contributed by atoms with E-state index in [0.29, 0.717) is 11.5 Å². The molecule has 1 saturated carbocycles. The Morgan fingerprint density at radius 3 is 2.78 bits per heavy atom. The van der Waals surface area contributed by atoms with Crippen molar-refractivity contribution in [3.63, 3.8) is 0 Å². The van der Waals surface area contributed by atoms with Gasteiger partial charge in [-0.3, -0.25) is 0 Å². The number of benzene rings is 1. The number of aliphatic hydroxyl groups is 2. The third-order valence-corrected chi connectivity index (χ3v) is 4.61. The molecule has 1 aromatic rings. The van der Waals surface area contributed by atoms with Crippen LogP contribution in [0.4, 0.5) is 4.79 Å². The third-order valence-electron chi connectivity index (χ3n) is 4.61. The van der Waals surface area contributed by atoms with Gasteiger partial charge >= 0.3 is 6.09 Å². The highest BCUT2D eigenvalue weighted by Crippen LogP contribution is 2.48. The van der Waals surface area contributed by atoms with Crippen molar-refractivity contribution in [2.75, 3.05) is 13.9 Å². The molecular weight excluding hydrogens is 306 g/mol. The monoisotopic (exact) mass is 323 g/mol. The number of aliphatic hydroxyl groups excluding tert-OH is 2. The summed E-state index contributed by atoms with van der Waals surface area (Å²) in [5, 5.41) is 23.0. The molecule has 2 aliphatic heterocycles. The van der Waals surface area contributed by atoms with Gasteiger partial charge in [-0.1, -0.05) is 6.07 Å². The quantitative estimate of drug-likeness (QED) is 0.642. The number of methoxy groups -OCH3 is 1. The number of carbonyl (C=O) groups is 1. The van der Waals surface area contributed by atoms with Crippen molar-refractivity contribution in [3.05, 3.63) is 23.8 Å². The van der Waals surface area contributed by atoms with Crippen molar-refractivity contribution in [2.45, 2.75) is 36.4 Å². The van der Waals surface area contributed by atoms with E-state index in [2.05, 4.69) is 10.1 Å². The number of amides is 1. The molecule has 1 aromatic carbocycles. The molecule has 1 aliphatic carbocycles. The topological polar surface area (TPSA) is 110 Å². The number of hydrogen-bond donors (Lipinski definition) is 3. The fraction of sp³-hybridized carbons (Fsp3) is 0.533. The van der Waals surface area contributed by atoms with Gasteiger partial charge in [-0.05, 0) is 17.7 Å². The van der Waals surface area contributed by atoms with Gasteiger partial charge in [0.1, 0.15) is 18.3 Å². The summed E-state index contributed by atoms with van der Waals surface area (Å²) in [6, 6.07) is 4.69. The number of carbonyl (C=O) groups excluding carboxylic acids is 1. The Balaban J connectivity index is 1.67. The minimum absolute atomic E-state index is 0.164. The second-order valence-electron chi connectivity index (χ2n) is 5.85. The van der Waals surface area contributed by atoms with E-state index in [1.54, 1.807) is 6.07 Å². The van der Waals surface area contributed by atoms with Crippen molar-refractivity contribution in [3.8, 4) is 11.5 Å². The highest BCUT2D eigenvalue weighted by molar-refractivity contribution is 5.68. The highest BCUT2D eigenvalue weighted by Gasteiger charge is 2.61. The van der Waals surface area contributed by atoms with Crippen molar-refractivity contribution < 1.29 is 34.0 Å². The summed E-state index contributed by atoms with van der Waals surface area (Å²) in [5.41, 5.74) is 0.828. The second-order valence-corrected chi connectivity index (χ2v) is 5.85. The predicted octanol–water partition coefficient (Wildman–Crippen LogP) is -0.274. The van der Waals surface area contributed by atoms with Crippen molar-refractivity contribution >= 4 is 6.09 Å². The number of nitrogens with one attached hydrogen (secondary N) is 1. The van der Waals surface area contributed by atoms with E-state index >= 15 is 0 Å². The summed E-state index contributed by atoms with van der Waals surface area (Å²) in [5.74, 6) is 0.931. The summed E-state index contributed by atoms with van der Waals surface area (Å²) >= 11 is 0. The summed E-state index contributed by atoms with van der Waals surface area (Å²) in [4.78, 5) is 11.6. The maximum Gasteiger partial charge on any atom is 0.407 e. The lowest BCUT2D eigenvalue weighted by Gasteiger charge is -2.36. The van der Waals surface area contributed by atoms with E-state index in [1.165, 1.54) is 7.11 Å². The molecule has 0 unspecified atom stereocenters. The minimum Gasteiger partial charge on any atom is -0.454 e. The third kappa shape index (κ3) is 2.30. The van der Waals surface area contributed by atoms with Gasteiger partial charge < -0.3 is 34.5 Å². The summed E-state index contributed by atoms with van der Waals surface area (Å²) in [7, 11) is 1.24. The number of epoxide rings is 1. The molecule has 0 aromatic heterocycles. The van der Waals surface area contributed by atoms with Crippen LogP contribution in [0.15, 0.2) is 18.2 Å². The zero-order chi connectivity index (χ0) is 16.1. The smallest absolute Gasteiger partial charge is 0.407 e. The summed E-state index contributed by atoms with van der Waals surface area (Å²) in [6.07, 6.45) is -3.60. The Bertz CT molecular complexity index is 636. The number of ether oxygens (including phenoxy) is 4. The Morgan fingerprint density at radius 2 is 2.00 bits per heavy atom. The van der Waals surface area contributed by atoms with Crippen molar-refractivity contribution in [2.24, 2.45) is 0 Å². The van der Waals surface area contributed by atoms with Gasteiger partial charge in [0.25, 0.3) is 0 Å². The standard InChI is InChI=1S/C15H17NO7/c1-20-15(19)16-10-9(13-14(23-13)12(18)11(10)17)6-2-3-7-8(4-6)22-5-21-7/h2-4,9-14,17-18H,5H2,1H3,(H,16,19)/t9-,10-,11+,12+,13-,14+/m1/s1. The van der Waals surface area contributed by atoms with E-state index < -0.39 is 30.4 Å². The SMILES string of the molecule is COC(=O)N[C@H]1[C@H](O)[C@H](O)[C@@H]2O[C@@H]2[C@@H]1c1ccc2c(c1)OCO2. The first-order valence-corrected chi connectivity index (χ1v) is 7.36. The lowest BCUT2D eigenvalue weighted by molar-refractivity contribution is -0.0279. The minimum atomic E-state index is -1.16. The van der Waals surface area contributed by atoms with Gasteiger partial charge in [0, 0.05) is 5.92 Å². The molecule has 1 saturated heterocycles. The zero-order valence-corrected chi connectivity index (χ0v) is 12.3. The van der Waals surface area contributed by atoms with Crippen molar-refractivity contribution in [1.82, 2.24) is 5.32 Å². The predicted molar refractivity (Wildman–Crippen MR) is 75.3 cm³/mol. The Hall–Kier alpha value is -2.03. The molecule has 124 valence electrons. The van der Waals surface area contributed by atoms with E-state index in [-0.39, 0.29) is 18.8 Å². The molecule has 23 heavy (non-hydrogen) atoms. The van der Waals surface area contributed by atoms with E-state index in [4.69, 9.17) is 14.2 Å². The van der Waals surface area contributed by atoms with Crippen LogP contribution < -0.4 is 14.8 Å². The first kappa shape index (κ1) is 14.6. The molecule has 3 aliphatic rings. The van der Waals surface area contributed by atoms with Crippen LogP contribution in [0, 0.1) is 0 Å². The molecule has 4 rings (SSSR count). The zero-order valence-electron chi connectivity index (χ0n) is 12.3. The van der Waals surface area contributed by atoms with Gasteiger partial charge in [-0.15, -0.1) is 0 Å². The first-order valence-electron chi connectivity index (χ1n) is 7.36. The fourth-order valence-corrected chi connectivity index (χ4v) is 3.41. The van der Waals surface area contributed by atoms with Gasteiger partial charge in [-0.25, -0.2) is 4.79 Å². The Morgan fingerprint density at radius 1 is 1.22 bits per heavy atom. The van der Waals surface area contributed by atoms with E-state index in [9.17, 15) is 15.0 Å². The van der Waals surface area contributed by atoms with Crippen LogP contribution in [-0.4, -0.2) is 60.7 Å². The lowest BCUT2D eigenvalue weighted by Crippen LogP contribution is -2.57. The molecule has 2 heterocycles. The van der Waals surface area contributed by atoms with Crippen LogP contribution in [0.2, 0.25) is 0 Å². The molecule has 3 N–H and O–H groups in total. The molecule has 0 radical (unpaired) electrons. The molecule has 0 bridgehead atoms. The van der Waals surface area contributed by atoms with Crippen LogP contribution >= 0.6 is 0 Å². The van der Waals surface area contributed by atoms with Crippen molar-refractivity contribution in [1.29, 1.82) is 0 Å². The van der Waals surface area contributed by atoms with Gasteiger partial charge in [0.05, 0.1) is 19.3 Å². The summed E-state index contributed by atoms with van der Waals surface area (Å²) in [6.45, 7) is 0.164. The molecule has 2 fully saturated rings. The van der Waals surface area contributed by atoms with Crippen LogP contribution in [0.3, 0.4) is 0 Å². The maximum atomic E-state index is 11.6. The maximum absolute atomic E-state index is 11.6. The molecule has 8 heteroatoms. The number of fused-ring (bicyclic) bond motifs is 2. The number of alkyl carbamates (subject to hydrolysis) is 1. The average molecular weight is 323 g/mol. The van der Waals surface area contributed by atoms with Gasteiger partial charge in [0.15, 0.2) is 11.5 Å². The Labute approximate surface area is 131 Å². The van der Waals surface area contributed by atoms with E-state index in [1.807, 2.05) is 12.1 Å². The van der Waals surface area contributed by atoms with Gasteiger partial charge in [-0.2, -0.15) is 0 Å². The number of hydrogen-bond acceptors (Lipinski definition) is 7. The fourth-order valence-electron chi connectivity index (χ4n) is 3.41. The average Bonchev–Trinajstić information content (AvgIpc) is 3.20. The highest BCUT2D eigenvalue weighted by atomic mass is 16.7. The normalized spacial score (nSPS) is 37.0. The van der Waals surface area contributed by atoms with Gasteiger partial charge in [0.2, 0.25) is 6.79 Å². The van der Waals surface area contributed by atoms with E-state index in [0.717, 1.165) is 5.56 Å². The van der Waals surface area contributed by atoms with Crippen LogP contribution in [-0.2, 0) is 9.47 Å². The summed E-state index contributed by atoms with van der Waals surface area (Å²) < 4.78 is 20.8. The molecule has 6 atom stereocenters. The first-order chi connectivity index (χ1) is 11.1. The molecular formula is C15H17NO7. The molecule has 8 nitrogen and oxygen atoms in total. The van der Waals surface area contributed by atoms with Crippen LogP contribution in [0.25, 0.3) is 0 Å². The lowest BCUT2D eigenvalue weighted by atomic mass is 9.77. The largest absolute Gasteiger partial charge is 0.454 e. The molecule has 0 spiro atoms. The van der Waals surface area contributed by atoms with Crippen LogP contribution in [0.5, 0.6) is 11.5 Å². The van der Waals surface area contributed by atoms with Crippen LogP contribution in [0.1, 0.15) is 11.5 Å². The Kier molecular flexibility index (Phi) is 3.33. The number of rotatable bonds is 2. The second kappa shape index (κ2) is 5.26. The molecule has 1 amide bonds.